The lowest BCUT2D eigenvalue weighted by Gasteiger charge is -2.30. The molecule has 1 rings (SSSR count). The predicted octanol–water partition coefficient (Wildman–Crippen LogP) is 4.53. The van der Waals surface area contributed by atoms with Gasteiger partial charge in [0.05, 0.1) is 8.07 Å². The van der Waals surface area contributed by atoms with E-state index in [1.54, 1.807) is 11.1 Å². The first kappa shape index (κ1) is 12.1. The normalized spacial score (nSPS) is 19.9. The van der Waals surface area contributed by atoms with Crippen LogP contribution in [0.5, 0.6) is 0 Å². The van der Waals surface area contributed by atoms with Gasteiger partial charge in [-0.3, -0.25) is 0 Å². The topological polar surface area (TPSA) is 0 Å². The fourth-order valence-corrected chi connectivity index (χ4v) is 5.99. The molecule has 0 aliphatic heterocycles. The number of alkyl halides is 1. The van der Waals surface area contributed by atoms with Gasteiger partial charge in [0, 0.05) is 5.50 Å². The Labute approximate surface area is 94.1 Å². The van der Waals surface area contributed by atoms with Crippen LogP contribution in [0.25, 0.3) is 0 Å². The van der Waals surface area contributed by atoms with Gasteiger partial charge in [0.2, 0.25) is 0 Å². The van der Waals surface area contributed by atoms with E-state index in [1.807, 2.05) is 0 Å². The smallest absolute Gasteiger partial charge is 0.0756 e. The summed E-state index contributed by atoms with van der Waals surface area (Å²) in [5.41, 5.74) is 7.67. The Morgan fingerprint density at radius 1 is 1.00 bits per heavy atom. The van der Waals surface area contributed by atoms with E-state index in [4.69, 9.17) is 11.6 Å². The summed E-state index contributed by atoms with van der Waals surface area (Å²) in [6.45, 7) is 13.8. The third kappa shape index (κ3) is 1.72. The first-order valence-electron chi connectivity index (χ1n) is 5.24. The van der Waals surface area contributed by atoms with Gasteiger partial charge in [-0.15, -0.1) is 11.6 Å². The molecule has 0 atom stereocenters. The van der Waals surface area contributed by atoms with E-state index in [0.29, 0.717) is 5.54 Å². The van der Waals surface area contributed by atoms with Crippen molar-refractivity contribution in [2.75, 3.05) is 5.50 Å². The average molecular weight is 229 g/mol. The van der Waals surface area contributed by atoms with Crippen molar-refractivity contribution in [3.8, 4) is 0 Å². The minimum Gasteiger partial charge on any atom is -0.130 e. The monoisotopic (exact) mass is 228 g/mol. The van der Waals surface area contributed by atoms with Crippen molar-refractivity contribution in [1.29, 1.82) is 0 Å². The highest BCUT2D eigenvalue weighted by Crippen LogP contribution is 2.46. The molecule has 0 saturated heterocycles. The standard InChI is InChI=1S/C12H21ClSi/c1-8-9(2)11(4)12(10(8)3)14(5,6)7-13/h12H,7H2,1-6H3. The van der Waals surface area contributed by atoms with Crippen molar-refractivity contribution in [3.63, 3.8) is 0 Å². The van der Waals surface area contributed by atoms with Crippen LogP contribution in [0, 0.1) is 0 Å². The molecule has 0 fully saturated rings. The van der Waals surface area contributed by atoms with Crippen molar-refractivity contribution < 1.29 is 0 Å². The first-order valence-corrected chi connectivity index (χ1v) is 9.06. The Bertz CT molecular complexity index is 286. The lowest BCUT2D eigenvalue weighted by Crippen LogP contribution is -2.35. The largest absolute Gasteiger partial charge is 0.130 e. The van der Waals surface area contributed by atoms with E-state index in [9.17, 15) is 0 Å². The molecule has 0 bridgehead atoms. The fraction of sp³-hybridized carbons (Fsp3) is 0.667. The summed E-state index contributed by atoms with van der Waals surface area (Å²) in [5.74, 6) is 0. The van der Waals surface area contributed by atoms with Gasteiger partial charge < -0.3 is 0 Å². The van der Waals surface area contributed by atoms with E-state index in [-0.39, 0.29) is 0 Å². The highest BCUT2D eigenvalue weighted by molar-refractivity contribution is 6.85. The molecule has 14 heavy (non-hydrogen) atoms. The van der Waals surface area contributed by atoms with Gasteiger partial charge in [-0.25, -0.2) is 0 Å². The molecule has 2 heteroatoms. The van der Waals surface area contributed by atoms with Crippen LogP contribution in [-0.4, -0.2) is 13.6 Å². The summed E-state index contributed by atoms with van der Waals surface area (Å²) in [7, 11) is -1.30. The quantitative estimate of drug-likeness (QED) is 0.481. The second kappa shape index (κ2) is 3.86. The SMILES string of the molecule is CC1=C(C)C([Si](C)(C)CCl)C(C)=C1C. The van der Waals surface area contributed by atoms with Crippen LogP contribution in [0.4, 0.5) is 0 Å². The van der Waals surface area contributed by atoms with Crippen molar-refractivity contribution in [2.45, 2.75) is 46.3 Å². The Morgan fingerprint density at radius 2 is 1.36 bits per heavy atom. The molecule has 1 aliphatic carbocycles. The Hall–Kier alpha value is -0.0131. The highest BCUT2D eigenvalue weighted by atomic mass is 35.5. The summed E-state index contributed by atoms with van der Waals surface area (Å²) in [5, 5.41) is 0. The van der Waals surface area contributed by atoms with E-state index >= 15 is 0 Å². The van der Waals surface area contributed by atoms with E-state index < -0.39 is 8.07 Å². The number of allylic oxidation sites excluding steroid dienone is 4. The van der Waals surface area contributed by atoms with Crippen LogP contribution >= 0.6 is 11.6 Å². The molecular weight excluding hydrogens is 208 g/mol. The number of rotatable bonds is 2. The second-order valence-electron chi connectivity index (χ2n) is 5.17. The molecule has 0 aromatic heterocycles. The predicted molar refractivity (Wildman–Crippen MR) is 68.7 cm³/mol. The Balaban J connectivity index is 3.16. The summed E-state index contributed by atoms with van der Waals surface area (Å²) < 4.78 is 0. The molecule has 0 saturated carbocycles. The number of hydrogen-bond donors (Lipinski definition) is 0. The molecule has 0 nitrogen and oxygen atoms in total. The molecule has 80 valence electrons. The lowest BCUT2D eigenvalue weighted by atomic mass is 10.1. The van der Waals surface area contributed by atoms with Gasteiger partial charge >= 0.3 is 0 Å². The molecular formula is C12H21ClSi. The fourth-order valence-electron chi connectivity index (χ4n) is 2.60. The molecule has 1 aliphatic rings. The summed E-state index contributed by atoms with van der Waals surface area (Å²) >= 11 is 6.12. The van der Waals surface area contributed by atoms with Gasteiger partial charge in [-0.05, 0) is 44.4 Å². The van der Waals surface area contributed by atoms with E-state index in [1.165, 1.54) is 11.1 Å². The molecule has 0 amide bonds. The summed E-state index contributed by atoms with van der Waals surface area (Å²) in [6.07, 6.45) is 0. The molecule has 0 aromatic rings. The van der Waals surface area contributed by atoms with Gasteiger partial charge in [-0.1, -0.05) is 24.2 Å². The second-order valence-corrected chi connectivity index (χ2v) is 10.8. The summed E-state index contributed by atoms with van der Waals surface area (Å²) in [6, 6.07) is 0. The third-order valence-corrected chi connectivity index (χ3v) is 8.92. The molecule has 0 aromatic carbocycles. The Morgan fingerprint density at radius 3 is 1.64 bits per heavy atom. The molecule has 0 N–H and O–H groups in total. The van der Waals surface area contributed by atoms with Crippen molar-refractivity contribution in [2.24, 2.45) is 0 Å². The van der Waals surface area contributed by atoms with Crippen LogP contribution in [-0.2, 0) is 0 Å². The van der Waals surface area contributed by atoms with Crippen molar-refractivity contribution in [3.05, 3.63) is 22.3 Å². The van der Waals surface area contributed by atoms with Crippen LogP contribution in [0.3, 0.4) is 0 Å². The van der Waals surface area contributed by atoms with Crippen LogP contribution in [0.15, 0.2) is 22.3 Å². The van der Waals surface area contributed by atoms with Crippen molar-refractivity contribution >= 4 is 19.7 Å². The molecule has 0 radical (unpaired) electrons. The molecule has 0 heterocycles. The zero-order chi connectivity index (χ0) is 11.1. The lowest BCUT2D eigenvalue weighted by molar-refractivity contribution is 1.06. The minimum atomic E-state index is -1.30. The third-order valence-electron chi connectivity index (χ3n) is 3.74. The van der Waals surface area contributed by atoms with Crippen LogP contribution in [0.2, 0.25) is 18.6 Å². The Kier molecular flexibility index (Phi) is 3.32. The van der Waals surface area contributed by atoms with Gasteiger partial charge in [-0.2, -0.15) is 0 Å². The highest BCUT2D eigenvalue weighted by Gasteiger charge is 2.37. The first-order chi connectivity index (χ1) is 6.33. The van der Waals surface area contributed by atoms with E-state index in [2.05, 4.69) is 40.8 Å². The van der Waals surface area contributed by atoms with Gasteiger partial charge in [0.25, 0.3) is 0 Å². The number of hydrogen-bond acceptors (Lipinski definition) is 0. The van der Waals surface area contributed by atoms with Gasteiger partial charge in [0.1, 0.15) is 0 Å². The van der Waals surface area contributed by atoms with Crippen molar-refractivity contribution in [1.82, 2.24) is 0 Å². The maximum Gasteiger partial charge on any atom is 0.0756 e. The zero-order valence-electron chi connectivity index (χ0n) is 10.2. The average Bonchev–Trinajstić information content (AvgIpc) is 2.31. The maximum atomic E-state index is 6.12. The zero-order valence-corrected chi connectivity index (χ0v) is 11.9. The maximum absolute atomic E-state index is 6.12. The van der Waals surface area contributed by atoms with Crippen LogP contribution in [0.1, 0.15) is 27.7 Å². The minimum absolute atomic E-state index is 0.681. The molecule has 0 unspecified atom stereocenters. The van der Waals surface area contributed by atoms with Gasteiger partial charge in [0.15, 0.2) is 0 Å². The van der Waals surface area contributed by atoms with Crippen LogP contribution < -0.4 is 0 Å². The van der Waals surface area contributed by atoms with E-state index in [0.717, 1.165) is 5.50 Å². The molecule has 0 spiro atoms. The number of halogens is 1. The summed E-state index contributed by atoms with van der Waals surface area (Å²) in [4.78, 5) is 0.